The van der Waals surface area contributed by atoms with E-state index in [2.05, 4.69) is 0 Å². The minimum Gasteiger partial charge on any atom is -0.478 e. The van der Waals surface area contributed by atoms with E-state index in [1.165, 1.54) is 0 Å². The molecule has 0 aliphatic carbocycles. The van der Waals surface area contributed by atoms with Crippen LogP contribution in [0, 0.1) is 13.8 Å². The molecule has 1 unspecified atom stereocenters. The van der Waals surface area contributed by atoms with Crippen LogP contribution >= 0.6 is 0 Å². The Morgan fingerprint density at radius 3 is 2.60 bits per heavy atom. The number of methoxy groups -OCH3 is 1. The van der Waals surface area contributed by atoms with Crippen molar-refractivity contribution in [3.63, 3.8) is 0 Å². The molecule has 1 rings (SSSR count). The zero-order valence-corrected chi connectivity index (χ0v) is 9.57. The fraction of sp³-hybridized carbons (Fsp3) is 0.545. The monoisotopic (exact) mass is 211 g/mol. The highest BCUT2D eigenvalue weighted by atomic mass is 16.5. The first kappa shape index (κ1) is 11.8. The van der Waals surface area contributed by atoms with Crippen LogP contribution in [-0.2, 0) is 11.3 Å². The molecule has 1 N–H and O–H groups in total. The number of aryl methyl sites for hydroxylation is 1. The third kappa shape index (κ3) is 2.39. The van der Waals surface area contributed by atoms with E-state index in [9.17, 15) is 4.79 Å². The lowest BCUT2D eigenvalue weighted by Gasteiger charge is -2.14. The first-order chi connectivity index (χ1) is 6.97. The molecule has 0 spiro atoms. The number of rotatable bonds is 4. The molecule has 1 atom stereocenters. The van der Waals surface area contributed by atoms with Crippen molar-refractivity contribution in [2.75, 3.05) is 7.11 Å². The minimum atomic E-state index is -0.876. The number of hydrogen-bond donors (Lipinski definition) is 1. The second-order valence-corrected chi connectivity index (χ2v) is 3.75. The Morgan fingerprint density at radius 2 is 2.20 bits per heavy atom. The van der Waals surface area contributed by atoms with Gasteiger partial charge in [0.05, 0.1) is 11.7 Å². The molecular formula is C11H17NO3. The van der Waals surface area contributed by atoms with Crippen LogP contribution in [-0.4, -0.2) is 28.9 Å². The number of hydrogen-bond acceptors (Lipinski definition) is 2. The van der Waals surface area contributed by atoms with E-state index in [0.29, 0.717) is 12.1 Å². The van der Waals surface area contributed by atoms with Gasteiger partial charge in [0.25, 0.3) is 0 Å². The standard InChI is InChI=1S/C11H17NO3/c1-7-5-10(11(13)14)9(3)12(7)6-8(2)15-4/h5,8H,6H2,1-4H3,(H,13,14). The predicted molar refractivity (Wildman–Crippen MR) is 57.3 cm³/mol. The van der Waals surface area contributed by atoms with Crippen molar-refractivity contribution in [2.45, 2.75) is 33.4 Å². The third-order valence-electron chi connectivity index (χ3n) is 2.65. The summed E-state index contributed by atoms with van der Waals surface area (Å²) in [5.74, 6) is -0.876. The van der Waals surface area contributed by atoms with Gasteiger partial charge in [-0.3, -0.25) is 0 Å². The maximum absolute atomic E-state index is 10.9. The van der Waals surface area contributed by atoms with Crippen molar-refractivity contribution >= 4 is 5.97 Å². The quantitative estimate of drug-likeness (QED) is 0.826. The first-order valence-corrected chi connectivity index (χ1v) is 4.90. The van der Waals surface area contributed by atoms with Gasteiger partial charge < -0.3 is 14.4 Å². The van der Waals surface area contributed by atoms with Crippen LogP contribution in [0.2, 0.25) is 0 Å². The average Bonchev–Trinajstić information content (AvgIpc) is 2.45. The van der Waals surface area contributed by atoms with Crippen molar-refractivity contribution in [3.8, 4) is 0 Å². The van der Waals surface area contributed by atoms with Gasteiger partial charge in [0.15, 0.2) is 0 Å². The first-order valence-electron chi connectivity index (χ1n) is 4.90. The second-order valence-electron chi connectivity index (χ2n) is 3.75. The SMILES string of the molecule is COC(C)Cn1c(C)cc(C(=O)O)c1C. The Hall–Kier alpha value is -1.29. The summed E-state index contributed by atoms with van der Waals surface area (Å²) >= 11 is 0. The smallest absolute Gasteiger partial charge is 0.337 e. The fourth-order valence-corrected chi connectivity index (χ4v) is 1.63. The molecule has 0 aliphatic rings. The number of nitrogens with zero attached hydrogens (tertiary/aromatic N) is 1. The molecule has 15 heavy (non-hydrogen) atoms. The number of carboxylic acid groups (broad SMARTS) is 1. The van der Waals surface area contributed by atoms with Gasteiger partial charge >= 0.3 is 5.97 Å². The summed E-state index contributed by atoms with van der Waals surface area (Å²) in [4.78, 5) is 10.9. The Morgan fingerprint density at radius 1 is 1.60 bits per heavy atom. The summed E-state index contributed by atoms with van der Waals surface area (Å²) in [7, 11) is 1.65. The highest BCUT2D eigenvalue weighted by molar-refractivity contribution is 5.89. The molecule has 1 aromatic rings. The van der Waals surface area contributed by atoms with Crippen molar-refractivity contribution in [1.29, 1.82) is 0 Å². The number of carboxylic acids is 1. The Kier molecular flexibility index (Phi) is 3.52. The highest BCUT2D eigenvalue weighted by Crippen LogP contribution is 2.15. The van der Waals surface area contributed by atoms with Crippen molar-refractivity contribution in [2.24, 2.45) is 0 Å². The summed E-state index contributed by atoms with van der Waals surface area (Å²) in [5.41, 5.74) is 2.11. The number of ether oxygens (including phenoxy) is 1. The molecule has 4 nitrogen and oxygen atoms in total. The molecule has 1 aromatic heterocycles. The van der Waals surface area contributed by atoms with Gasteiger partial charge in [-0.05, 0) is 26.8 Å². The lowest BCUT2D eigenvalue weighted by Crippen LogP contribution is -2.17. The predicted octanol–water partition coefficient (Wildman–Crippen LogP) is 1.84. The van der Waals surface area contributed by atoms with E-state index in [-0.39, 0.29) is 6.10 Å². The molecule has 0 amide bonds. The summed E-state index contributed by atoms with van der Waals surface area (Å²) in [5, 5.41) is 8.95. The van der Waals surface area contributed by atoms with Gasteiger partial charge in [-0.1, -0.05) is 0 Å². The van der Waals surface area contributed by atoms with Crippen LogP contribution in [0.15, 0.2) is 6.07 Å². The van der Waals surface area contributed by atoms with E-state index in [0.717, 1.165) is 11.4 Å². The Labute approximate surface area is 89.5 Å². The number of aromatic nitrogens is 1. The van der Waals surface area contributed by atoms with Gasteiger partial charge in [0.2, 0.25) is 0 Å². The molecule has 0 aliphatic heterocycles. The summed E-state index contributed by atoms with van der Waals surface area (Å²) in [6, 6.07) is 1.69. The zero-order valence-electron chi connectivity index (χ0n) is 9.57. The normalized spacial score (nSPS) is 12.8. The van der Waals surface area contributed by atoms with Crippen molar-refractivity contribution < 1.29 is 14.6 Å². The molecule has 0 aromatic carbocycles. The van der Waals surface area contributed by atoms with E-state index in [1.54, 1.807) is 13.2 Å². The average molecular weight is 211 g/mol. The van der Waals surface area contributed by atoms with Gasteiger partial charge in [-0.25, -0.2) is 4.79 Å². The van der Waals surface area contributed by atoms with E-state index in [1.807, 2.05) is 25.3 Å². The van der Waals surface area contributed by atoms with E-state index >= 15 is 0 Å². The van der Waals surface area contributed by atoms with Gasteiger partial charge in [-0.2, -0.15) is 0 Å². The van der Waals surface area contributed by atoms with Crippen LogP contribution < -0.4 is 0 Å². The van der Waals surface area contributed by atoms with Crippen LogP contribution in [0.3, 0.4) is 0 Å². The molecule has 0 bridgehead atoms. The van der Waals surface area contributed by atoms with Gasteiger partial charge in [0, 0.05) is 25.0 Å². The zero-order chi connectivity index (χ0) is 11.6. The molecule has 1 heterocycles. The van der Waals surface area contributed by atoms with Crippen LogP contribution in [0.1, 0.15) is 28.7 Å². The summed E-state index contributed by atoms with van der Waals surface area (Å²) < 4.78 is 7.14. The largest absolute Gasteiger partial charge is 0.478 e. The van der Waals surface area contributed by atoms with Gasteiger partial charge in [-0.15, -0.1) is 0 Å². The Balaban J connectivity index is 3.03. The maximum Gasteiger partial charge on any atom is 0.337 e. The lowest BCUT2D eigenvalue weighted by atomic mass is 10.2. The lowest BCUT2D eigenvalue weighted by molar-refractivity contribution is 0.0695. The molecule has 84 valence electrons. The second kappa shape index (κ2) is 4.49. The van der Waals surface area contributed by atoms with Crippen LogP contribution in [0.25, 0.3) is 0 Å². The van der Waals surface area contributed by atoms with Crippen molar-refractivity contribution in [3.05, 3.63) is 23.0 Å². The van der Waals surface area contributed by atoms with Crippen LogP contribution in [0.4, 0.5) is 0 Å². The molecule has 0 radical (unpaired) electrons. The molecule has 4 heteroatoms. The third-order valence-corrected chi connectivity index (χ3v) is 2.65. The highest BCUT2D eigenvalue weighted by Gasteiger charge is 2.15. The van der Waals surface area contributed by atoms with E-state index < -0.39 is 5.97 Å². The number of carbonyl (C=O) groups is 1. The van der Waals surface area contributed by atoms with Crippen molar-refractivity contribution in [1.82, 2.24) is 4.57 Å². The molecule has 0 saturated heterocycles. The Bertz CT molecular complexity index is 368. The topological polar surface area (TPSA) is 51.5 Å². The number of aromatic carboxylic acids is 1. The molecular weight excluding hydrogens is 194 g/mol. The van der Waals surface area contributed by atoms with E-state index in [4.69, 9.17) is 9.84 Å². The molecule has 0 fully saturated rings. The van der Waals surface area contributed by atoms with Crippen LogP contribution in [0.5, 0.6) is 0 Å². The van der Waals surface area contributed by atoms with Gasteiger partial charge in [0.1, 0.15) is 0 Å². The fourth-order valence-electron chi connectivity index (χ4n) is 1.63. The molecule has 0 saturated carbocycles. The summed E-state index contributed by atoms with van der Waals surface area (Å²) in [6.07, 6.45) is 0.0800. The summed E-state index contributed by atoms with van der Waals surface area (Å²) in [6.45, 7) is 6.36. The maximum atomic E-state index is 10.9. The minimum absolute atomic E-state index is 0.0800.